The van der Waals surface area contributed by atoms with Gasteiger partial charge in [0.15, 0.2) is 15.6 Å². The van der Waals surface area contributed by atoms with Gasteiger partial charge < -0.3 is 15.2 Å². The predicted octanol–water partition coefficient (Wildman–Crippen LogP) is 4.30. The highest BCUT2D eigenvalue weighted by molar-refractivity contribution is 7.89. The molecule has 192 valence electrons. The number of primary amides is 1. The Kier molecular flexibility index (Phi) is 8.81. The molecule has 1 amide bonds. The summed E-state index contributed by atoms with van der Waals surface area (Å²) in [6, 6.07) is 12.6. The van der Waals surface area contributed by atoms with Gasteiger partial charge in [-0.3, -0.25) is 4.79 Å². The number of nitrogens with zero attached hydrogens (tertiary/aromatic N) is 2. The average molecular weight is 552 g/mol. The van der Waals surface area contributed by atoms with Crippen LogP contribution in [0.1, 0.15) is 46.9 Å². The fourth-order valence-electron chi connectivity index (χ4n) is 3.54. The van der Waals surface area contributed by atoms with Crippen LogP contribution >= 0.6 is 23.2 Å². The SMILES string of the molecule is CC(C)(c1ccc(OCc2ccnc(CS(C)(=O)=O)n2)cc1)c1cc(Cl)c(OCCCl)c(C(N)=O)c1. The van der Waals surface area contributed by atoms with Crippen LogP contribution < -0.4 is 15.2 Å². The normalized spacial score (nSPS) is 11.8. The number of rotatable bonds is 11. The number of benzene rings is 2. The number of nitrogens with two attached hydrogens (primary N) is 1. The van der Waals surface area contributed by atoms with Gasteiger partial charge in [0.25, 0.3) is 5.91 Å². The van der Waals surface area contributed by atoms with Crippen LogP contribution in [0.2, 0.25) is 5.02 Å². The maximum absolute atomic E-state index is 12.1. The molecule has 0 saturated carbocycles. The monoisotopic (exact) mass is 551 g/mol. The van der Waals surface area contributed by atoms with Crippen molar-refractivity contribution in [2.75, 3.05) is 18.7 Å². The summed E-state index contributed by atoms with van der Waals surface area (Å²) in [5.74, 6) is 0.424. The highest BCUT2D eigenvalue weighted by Gasteiger charge is 2.27. The Labute approximate surface area is 220 Å². The minimum absolute atomic E-state index is 0.156. The van der Waals surface area contributed by atoms with E-state index in [2.05, 4.69) is 9.97 Å². The minimum atomic E-state index is -3.23. The zero-order chi connectivity index (χ0) is 26.5. The lowest BCUT2D eigenvalue weighted by atomic mass is 9.77. The molecule has 1 aromatic heterocycles. The second-order valence-electron chi connectivity index (χ2n) is 8.71. The van der Waals surface area contributed by atoms with Crippen molar-refractivity contribution in [2.24, 2.45) is 5.73 Å². The molecule has 0 aliphatic heterocycles. The fourth-order valence-corrected chi connectivity index (χ4v) is 4.50. The summed E-state index contributed by atoms with van der Waals surface area (Å²) in [4.78, 5) is 20.3. The number of amides is 1. The van der Waals surface area contributed by atoms with Crippen molar-refractivity contribution in [1.29, 1.82) is 0 Å². The summed E-state index contributed by atoms with van der Waals surface area (Å²) in [5.41, 5.74) is 7.55. The van der Waals surface area contributed by atoms with Crippen LogP contribution in [-0.4, -0.2) is 43.0 Å². The van der Waals surface area contributed by atoms with E-state index in [1.807, 2.05) is 38.1 Å². The number of hydrogen-bond acceptors (Lipinski definition) is 7. The zero-order valence-corrected chi connectivity index (χ0v) is 22.5. The summed E-state index contributed by atoms with van der Waals surface area (Å²) < 4.78 is 34.3. The third-order valence-electron chi connectivity index (χ3n) is 5.47. The van der Waals surface area contributed by atoms with Gasteiger partial charge in [0, 0.05) is 17.9 Å². The van der Waals surface area contributed by atoms with Crippen molar-refractivity contribution < 1.29 is 22.7 Å². The summed E-state index contributed by atoms with van der Waals surface area (Å²) >= 11 is 12.1. The van der Waals surface area contributed by atoms with Crippen LogP contribution in [0, 0.1) is 0 Å². The van der Waals surface area contributed by atoms with Crippen LogP contribution in [0.15, 0.2) is 48.7 Å². The predicted molar refractivity (Wildman–Crippen MR) is 140 cm³/mol. The molecular weight excluding hydrogens is 525 g/mol. The highest BCUT2D eigenvalue weighted by atomic mass is 35.5. The van der Waals surface area contributed by atoms with E-state index in [0.717, 1.165) is 17.4 Å². The molecule has 36 heavy (non-hydrogen) atoms. The van der Waals surface area contributed by atoms with Crippen LogP contribution in [-0.2, 0) is 27.6 Å². The third-order valence-corrected chi connectivity index (χ3v) is 6.69. The molecule has 0 fully saturated rings. The second-order valence-corrected chi connectivity index (χ2v) is 11.6. The van der Waals surface area contributed by atoms with E-state index in [-0.39, 0.29) is 47.0 Å². The van der Waals surface area contributed by atoms with Crippen LogP contribution in [0.5, 0.6) is 11.5 Å². The van der Waals surface area contributed by atoms with E-state index in [9.17, 15) is 13.2 Å². The summed E-state index contributed by atoms with van der Waals surface area (Å²) in [5, 5.41) is 0.277. The van der Waals surface area contributed by atoms with Crippen molar-refractivity contribution in [2.45, 2.75) is 31.6 Å². The van der Waals surface area contributed by atoms with Gasteiger partial charge in [-0.15, -0.1) is 11.6 Å². The Hall–Kier alpha value is -2.88. The number of aromatic nitrogens is 2. The van der Waals surface area contributed by atoms with E-state index in [1.54, 1.807) is 18.2 Å². The van der Waals surface area contributed by atoms with Gasteiger partial charge in [0.1, 0.15) is 30.5 Å². The lowest BCUT2D eigenvalue weighted by Crippen LogP contribution is -2.21. The lowest BCUT2D eigenvalue weighted by molar-refractivity contribution is 0.0996. The molecule has 8 nitrogen and oxygen atoms in total. The molecule has 11 heteroatoms. The summed E-state index contributed by atoms with van der Waals surface area (Å²) in [6.07, 6.45) is 2.64. The largest absolute Gasteiger partial charge is 0.490 e. The molecule has 0 radical (unpaired) electrons. The van der Waals surface area contributed by atoms with Crippen molar-refractivity contribution in [3.05, 3.63) is 81.9 Å². The van der Waals surface area contributed by atoms with Crippen LogP contribution in [0.4, 0.5) is 0 Å². The first-order valence-corrected chi connectivity index (χ1v) is 13.9. The van der Waals surface area contributed by atoms with E-state index < -0.39 is 21.2 Å². The van der Waals surface area contributed by atoms with Gasteiger partial charge in [0.2, 0.25) is 0 Å². The molecule has 0 bridgehead atoms. The van der Waals surface area contributed by atoms with E-state index in [0.29, 0.717) is 11.4 Å². The van der Waals surface area contributed by atoms with Gasteiger partial charge in [-0.25, -0.2) is 18.4 Å². The van der Waals surface area contributed by atoms with Gasteiger partial charge in [-0.2, -0.15) is 0 Å². The topological polar surface area (TPSA) is 121 Å². The zero-order valence-electron chi connectivity index (χ0n) is 20.1. The molecule has 0 unspecified atom stereocenters. The Bertz CT molecular complexity index is 1350. The number of sulfone groups is 1. The van der Waals surface area contributed by atoms with Crippen molar-refractivity contribution in [3.8, 4) is 11.5 Å². The smallest absolute Gasteiger partial charge is 0.252 e. The maximum atomic E-state index is 12.1. The van der Waals surface area contributed by atoms with Crippen LogP contribution in [0.3, 0.4) is 0 Å². The molecule has 1 heterocycles. The highest BCUT2D eigenvalue weighted by Crippen LogP contribution is 2.38. The molecule has 0 spiro atoms. The first kappa shape index (κ1) is 27.7. The average Bonchev–Trinajstić information content (AvgIpc) is 2.81. The standard InChI is InChI=1S/C25H27Cl2N3O5S/c1-25(2,17-12-20(24(28)31)23(21(27)13-17)34-11-9-26)16-4-6-19(7-5-16)35-14-18-8-10-29-22(30-18)15-36(3,32)33/h4-8,10,12-13H,9,11,14-15H2,1-3H3,(H2,28,31). The number of carbonyl (C=O) groups excluding carboxylic acids is 1. The molecule has 2 aromatic carbocycles. The maximum Gasteiger partial charge on any atom is 0.252 e. The molecule has 0 aliphatic carbocycles. The minimum Gasteiger partial charge on any atom is -0.490 e. The number of halogens is 2. The van der Waals surface area contributed by atoms with Gasteiger partial charge >= 0.3 is 0 Å². The second kappa shape index (κ2) is 11.5. The van der Waals surface area contributed by atoms with E-state index in [4.69, 9.17) is 38.4 Å². The van der Waals surface area contributed by atoms with Crippen molar-refractivity contribution in [3.63, 3.8) is 0 Å². The Balaban J connectivity index is 1.78. The molecule has 0 atom stereocenters. The van der Waals surface area contributed by atoms with Crippen LogP contribution in [0.25, 0.3) is 0 Å². The van der Waals surface area contributed by atoms with Gasteiger partial charge in [0.05, 0.1) is 22.2 Å². The van der Waals surface area contributed by atoms with Gasteiger partial charge in [-0.05, 0) is 41.5 Å². The lowest BCUT2D eigenvalue weighted by Gasteiger charge is -2.27. The number of hydrogen-bond donors (Lipinski definition) is 1. The van der Waals surface area contributed by atoms with E-state index >= 15 is 0 Å². The van der Waals surface area contributed by atoms with Crippen molar-refractivity contribution in [1.82, 2.24) is 9.97 Å². The Morgan fingerprint density at radius 2 is 1.78 bits per heavy atom. The number of alkyl halides is 1. The quantitative estimate of drug-likeness (QED) is 0.352. The molecule has 3 aromatic rings. The Morgan fingerprint density at radius 3 is 2.39 bits per heavy atom. The molecular formula is C25H27Cl2N3O5S. The summed E-state index contributed by atoms with van der Waals surface area (Å²) in [7, 11) is -3.23. The third kappa shape index (κ3) is 7.09. The molecule has 2 N–H and O–H groups in total. The molecule has 0 saturated heterocycles. The number of ether oxygens (including phenoxy) is 2. The Morgan fingerprint density at radius 1 is 1.08 bits per heavy atom. The van der Waals surface area contributed by atoms with Gasteiger partial charge in [-0.1, -0.05) is 37.6 Å². The number of carbonyl (C=O) groups is 1. The molecule has 0 aliphatic rings. The van der Waals surface area contributed by atoms with Crippen molar-refractivity contribution >= 4 is 38.9 Å². The van der Waals surface area contributed by atoms with E-state index in [1.165, 1.54) is 6.20 Å². The first-order chi connectivity index (χ1) is 16.9. The molecule has 3 rings (SSSR count). The summed E-state index contributed by atoms with van der Waals surface area (Å²) in [6.45, 7) is 4.36. The fraction of sp³-hybridized carbons (Fsp3) is 0.320. The first-order valence-electron chi connectivity index (χ1n) is 10.9.